The standard InChI is InChI=1S/C10H13FN4OS/c1-6-2-3-7(11)4-8(6)14-9(16)5-17-10(12)15-13/h2-4H,5,13H2,1H3,(H2,12,15)(H,14,16). The molecule has 0 aliphatic carbocycles. The SMILES string of the molecule is Cc1ccc(F)cc1NC(=O)CSC(N)=NN. The number of aryl methyl sites for hydroxylation is 1. The van der Waals surface area contributed by atoms with Gasteiger partial charge in [0.1, 0.15) is 5.82 Å². The Morgan fingerprint density at radius 3 is 2.94 bits per heavy atom. The summed E-state index contributed by atoms with van der Waals surface area (Å²) in [6.07, 6.45) is 0. The van der Waals surface area contributed by atoms with Crippen LogP contribution in [0.15, 0.2) is 23.3 Å². The number of hydrogen-bond acceptors (Lipinski definition) is 4. The van der Waals surface area contributed by atoms with Crippen molar-refractivity contribution >= 4 is 28.5 Å². The molecule has 0 spiro atoms. The summed E-state index contributed by atoms with van der Waals surface area (Å²) in [5.74, 6) is 4.29. The van der Waals surface area contributed by atoms with Gasteiger partial charge in [0, 0.05) is 5.69 Å². The summed E-state index contributed by atoms with van der Waals surface area (Å²) in [5.41, 5.74) is 6.54. The number of anilines is 1. The Morgan fingerprint density at radius 2 is 2.29 bits per heavy atom. The molecule has 0 aliphatic heterocycles. The van der Waals surface area contributed by atoms with E-state index in [0.29, 0.717) is 5.69 Å². The number of carbonyl (C=O) groups excluding carboxylic acids is 1. The van der Waals surface area contributed by atoms with Crippen molar-refractivity contribution < 1.29 is 9.18 Å². The first-order valence-electron chi connectivity index (χ1n) is 4.75. The van der Waals surface area contributed by atoms with Crippen LogP contribution in [0.25, 0.3) is 0 Å². The Hall–Kier alpha value is -1.76. The second-order valence-corrected chi connectivity index (χ2v) is 4.26. The maximum absolute atomic E-state index is 13.0. The Kier molecular flexibility index (Phi) is 4.77. The number of hydrogen-bond donors (Lipinski definition) is 3. The Labute approximate surface area is 102 Å². The molecule has 0 bridgehead atoms. The number of nitrogens with zero attached hydrogens (tertiary/aromatic N) is 1. The summed E-state index contributed by atoms with van der Waals surface area (Å²) < 4.78 is 13.0. The number of nitrogens with one attached hydrogen (secondary N) is 1. The number of hydrazone groups is 1. The van der Waals surface area contributed by atoms with Gasteiger partial charge in [0.05, 0.1) is 5.75 Å². The van der Waals surface area contributed by atoms with Gasteiger partial charge in [-0.25, -0.2) is 4.39 Å². The normalized spacial score (nSPS) is 11.3. The van der Waals surface area contributed by atoms with E-state index in [1.165, 1.54) is 12.1 Å². The van der Waals surface area contributed by atoms with Gasteiger partial charge < -0.3 is 16.9 Å². The number of thioether (sulfide) groups is 1. The largest absolute Gasteiger partial charge is 0.377 e. The molecule has 1 rings (SSSR count). The molecular formula is C10H13FN4OS. The van der Waals surface area contributed by atoms with Crippen molar-refractivity contribution in [1.29, 1.82) is 0 Å². The van der Waals surface area contributed by atoms with E-state index in [4.69, 9.17) is 11.6 Å². The van der Waals surface area contributed by atoms with Gasteiger partial charge in [-0.2, -0.15) is 5.10 Å². The topological polar surface area (TPSA) is 93.5 Å². The second kappa shape index (κ2) is 6.09. The van der Waals surface area contributed by atoms with Crippen LogP contribution in [0.5, 0.6) is 0 Å². The van der Waals surface area contributed by atoms with Crippen LogP contribution >= 0.6 is 11.8 Å². The number of rotatable bonds is 3. The van der Waals surface area contributed by atoms with Crippen molar-refractivity contribution in [2.75, 3.05) is 11.1 Å². The smallest absolute Gasteiger partial charge is 0.234 e. The Morgan fingerprint density at radius 1 is 1.59 bits per heavy atom. The van der Waals surface area contributed by atoms with E-state index < -0.39 is 5.82 Å². The molecule has 5 N–H and O–H groups in total. The van der Waals surface area contributed by atoms with Crippen LogP contribution in [0.1, 0.15) is 5.56 Å². The average molecular weight is 256 g/mol. The molecule has 0 heterocycles. The number of benzene rings is 1. The van der Waals surface area contributed by atoms with Gasteiger partial charge in [-0.1, -0.05) is 17.8 Å². The zero-order chi connectivity index (χ0) is 12.8. The van der Waals surface area contributed by atoms with Gasteiger partial charge in [-0.3, -0.25) is 4.79 Å². The van der Waals surface area contributed by atoms with E-state index >= 15 is 0 Å². The third-order valence-corrected chi connectivity index (χ3v) is 2.76. The first-order valence-corrected chi connectivity index (χ1v) is 5.73. The highest BCUT2D eigenvalue weighted by molar-refractivity contribution is 8.14. The molecule has 0 unspecified atom stereocenters. The molecular weight excluding hydrogens is 243 g/mol. The maximum atomic E-state index is 13.0. The van der Waals surface area contributed by atoms with E-state index in [1.54, 1.807) is 13.0 Å². The van der Waals surface area contributed by atoms with Crippen molar-refractivity contribution in [3.8, 4) is 0 Å². The number of amides is 1. The molecule has 17 heavy (non-hydrogen) atoms. The summed E-state index contributed by atoms with van der Waals surface area (Å²) in [6, 6.07) is 4.19. The van der Waals surface area contributed by atoms with Gasteiger partial charge in [0.15, 0.2) is 5.17 Å². The molecule has 0 aliphatic rings. The summed E-state index contributed by atoms with van der Waals surface area (Å²) in [6.45, 7) is 1.78. The van der Waals surface area contributed by atoms with Crippen LogP contribution in [0.3, 0.4) is 0 Å². The van der Waals surface area contributed by atoms with E-state index in [-0.39, 0.29) is 16.8 Å². The van der Waals surface area contributed by atoms with Crippen molar-refractivity contribution in [1.82, 2.24) is 0 Å². The van der Waals surface area contributed by atoms with E-state index in [0.717, 1.165) is 17.3 Å². The van der Waals surface area contributed by atoms with Gasteiger partial charge in [0.2, 0.25) is 5.91 Å². The minimum atomic E-state index is -0.401. The van der Waals surface area contributed by atoms with Crippen LogP contribution in [0.4, 0.5) is 10.1 Å². The Balaban J connectivity index is 2.59. The minimum absolute atomic E-state index is 0.0719. The average Bonchev–Trinajstić information content (AvgIpc) is 2.30. The number of amidine groups is 1. The molecule has 5 nitrogen and oxygen atoms in total. The highest BCUT2D eigenvalue weighted by Crippen LogP contribution is 2.16. The fourth-order valence-corrected chi connectivity index (χ4v) is 1.52. The van der Waals surface area contributed by atoms with Crippen LogP contribution in [-0.4, -0.2) is 16.8 Å². The molecule has 0 saturated heterocycles. The Bertz CT molecular complexity index is 450. The molecule has 0 radical (unpaired) electrons. The highest BCUT2D eigenvalue weighted by atomic mass is 32.2. The lowest BCUT2D eigenvalue weighted by atomic mass is 10.2. The molecule has 0 saturated carbocycles. The number of halogens is 1. The van der Waals surface area contributed by atoms with E-state index in [9.17, 15) is 9.18 Å². The molecule has 0 atom stereocenters. The van der Waals surface area contributed by atoms with Crippen LogP contribution in [0.2, 0.25) is 0 Å². The first kappa shape index (κ1) is 13.3. The molecule has 0 aromatic heterocycles. The monoisotopic (exact) mass is 256 g/mol. The van der Waals surface area contributed by atoms with E-state index in [1.807, 2.05) is 0 Å². The molecule has 1 aromatic carbocycles. The summed E-state index contributed by atoms with van der Waals surface area (Å²) in [7, 11) is 0. The highest BCUT2D eigenvalue weighted by Gasteiger charge is 2.07. The van der Waals surface area contributed by atoms with Crippen LogP contribution in [-0.2, 0) is 4.79 Å². The lowest BCUT2D eigenvalue weighted by Crippen LogP contribution is -2.19. The molecule has 1 aromatic rings. The van der Waals surface area contributed by atoms with Gasteiger partial charge in [0.25, 0.3) is 0 Å². The fraction of sp³-hybridized carbons (Fsp3) is 0.200. The third kappa shape index (κ3) is 4.31. The van der Waals surface area contributed by atoms with Gasteiger partial charge in [-0.15, -0.1) is 0 Å². The molecule has 7 heteroatoms. The zero-order valence-corrected chi connectivity index (χ0v) is 10.1. The number of carbonyl (C=O) groups is 1. The zero-order valence-electron chi connectivity index (χ0n) is 9.24. The van der Waals surface area contributed by atoms with Crippen LogP contribution < -0.4 is 16.9 Å². The predicted molar refractivity (Wildman–Crippen MR) is 68.0 cm³/mol. The number of nitrogens with two attached hydrogens (primary N) is 2. The van der Waals surface area contributed by atoms with Crippen LogP contribution in [0, 0.1) is 12.7 Å². The first-order chi connectivity index (χ1) is 8.02. The quantitative estimate of drug-likeness (QED) is 0.325. The van der Waals surface area contributed by atoms with E-state index in [2.05, 4.69) is 10.4 Å². The third-order valence-electron chi connectivity index (χ3n) is 1.95. The lowest BCUT2D eigenvalue weighted by molar-refractivity contribution is -0.113. The maximum Gasteiger partial charge on any atom is 0.234 e. The predicted octanol–water partition coefficient (Wildman–Crippen LogP) is 0.994. The summed E-state index contributed by atoms with van der Waals surface area (Å²) in [4.78, 5) is 11.5. The minimum Gasteiger partial charge on any atom is -0.377 e. The molecule has 1 amide bonds. The second-order valence-electron chi connectivity index (χ2n) is 3.26. The summed E-state index contributed by atoms with van der Waals surface area (Å²) >= 11 is 1.01. The van der Waals surface area contributed by atoms with Gasteiger partial charge >= 0.3 is 0 Å². The van der Waals surface area contributed by atoms with Gasteiger partial charge in [-0.05, 0) is 24.6 Å². The summed E-state index contributed by atoms with van der Waals surface area (Å²) in [5, 5.41) is 5.92. The molecule has 92 valence electrons. The van der Waals surface area contributed by atoms with Crippen molar-refractivity contribution in [2.24, 2.45) is 16.7 Å². The lowest BCUT2D eigenvalue weighted by Gasteiger charge is -2.07. The van der Waals surface area contributed by atoms with Crippen molar-refractivity contribution in [3.63, 3.8) is 0 Å². The fourth-order valence-electron chi connectivity index (χ4n) is 1.09. The van der Waals surface area contributed by atoms with Crippen molar-refractivity contribution in [2.45, 2.75) is 6.92 Å². The van der Waals surface area contributed by atoms with Crippen molar-refractivity contribution in [3.05, 3.63) is 29.6 Å². The molecule has 0 fully saturated rings.